The molecule has 1 N–H and O–H groups in total. The van der Waals surface area contributed by atoms with Crippen molar-refractivity contribution >= 4 is 38.4 Å². The predicted molar refractivity (Wildman–Crippen MR) is 91.3 cm³/mol. The quantitative estimate of drug-likeness (QED) is 0.565. The summed E-state index contributed by atoms with van der Waals surface area (Å²) in [5, 5.41) is 0.617. The van der Waals surface area contributed by atoms with Crippen molar-refractivity contribution in [3.8, 4) is 0 Å². The summed E-state index contributed by atoms with van der Waals surface area (Å²) in [6, 6.07) is 15.4. The van der Waals surface area contributed by atoms with Crippen LogP contribution in [0.3, 0.4) is 0 Å². The Kier molecular flexibility index (Phi) is 3.24. The second kappa shape index (κ2) is 5.23. The van der Waals surface area contributed by atoms with E-state index in [2.05, 4.69) is 0 Å². The largest absolute Gasteiger partial charge is 0.295 e. The predicted octanol–water partition coefficient (Wildman–Crippen LogP) is 2.89. The van der Waals surface area contributed by atoms with Crippen LogP contribution in [0, 0.1) is 0 Å². The van der Waals surface area contributed by atoms with Gasteiger partial charge in [0.2, 0.25) is 0 Å². The number of fused-ring (bicyclic) bond motifs is 2. The molecular formula is C18H11NO5S. The number of amides is 2. The Morgan fingerprint density at radius 1 is 0.720 bits per heavy atom. The maximum atomic E-state index is 12.7. The number of carbonyl (C=O) groups excluding carboxylic acids is 2. The molecule has 1 heterocycles. The van der Waals surface area contributed by atoms with E-state index >= 15 is 0 Å². The molecule has 0 fully saturated rings. The van der Waals surface area contributed by atoms with Crippen molar-refractivity contribution in [1.29, 1.82) is 0 Å². The van der Waals surface area contributed by atoms with E-state index in [1.807, 2.05) is 0 Å². The molecule has 0 radical (unpaired) electrons. The van der Waals surface area contributed by atoms with Crippen LogP contribution in [0.1, 0.15) is 20.7 Å². The SMILES string of the molecule is O=C1c2ccccc2C(=O)N1c1cccc2c(S(=O)(=O)O)cccc12. The second-order valence-corrected chi connectivity index (χ2v) is 6.98. The number of imide groups is 1. The number of hydrogen-bond acceptors (Lipinski definition) is 4. The Bertz CT molecular complexity index is 1130. The molecule has 0 atom stereocenters. The highest BCUT2D eigenvalue weighted by molar-refractivity contribution is 7.86. The van der Waals surface area contributed by atoms with Gasteiger partial charge in [0.25, 0.3) is 21.9 Å². The van der Waals surface area contributed by atoms with Crippen LogP contribution in [0.4, 0.5) is 5.69 Å². The number of benzene rings is 3. The third kappa shape index (κ3) is 2.25. The van der Waals surface area contributed by atoms with Crippen LogP contribution < -0.4 is 4.90 Å². The lowest BCUT2D eigenvalue weighted by Gasteiger charge is -2.17. The van der Waals surface area contributed by atoms with Gasteiger partial charge in [0.15, 0.2) is 0 Å². The zero-order chi connectivity index (χ0) is 17.8. The fourth-order valence-electron chi connectivity index (χ4n) is 3.09. The summed E-state index contributed by atoms with van der Waals surface area (Å²) in [6.07, 6.45) is 0. The molecule has 0 saturated carbocycles. The molecule has 2 amide bonds. The summed E-state index contributed by atoms with van der Waals surface area (Å²) in [4.78, 5) is 26.1. The molecule has 0 unspecified atom stereocenters. The summed E-state index contributed by atoms with van der Waals surface area (Å²) in [7, 11) is -4.44. The zero-order valence-corrected chi connectivity index (χ0v) is 13.5. The molecule has 124 valence electrons. The maximum absolute atomic E-state index is 12.7. The van der Waals surface area contributed by atoms with Crippen molar-refractivity contribution in [3.05, 3.63) is 71.8 Å². The van der Waals surface area contributed by atoms with Crippen LogP contribution >= 0.6 is 0 Å². The third-order valence-electron chi connectivity index (χ3n) is 4.17. The third-order valence-corrected chi connectivity index (χ3v) is 5.08. The standard InChI is InChI=1S/C18H11NO5S/c20-17-13-5-1-2-6-14(13)18(21)19(17)15-9-3-8-12-11(15)7-4-10-16(12)25(22,23)24/h1-10H,(H,22,23,24). The van der Waals surface area contributed by atoms with Crippen LogP contribution in [0.5, 0.6) is 0 Å². The van der Waals surface area contributed by atoms with E-state index in [0.29, 0.717) is 16.5 Å². The molecule has 7 heteroatoms. The first-order valence-corrected chi connectivity index (χ1v) is 8.80. The number of nitrogens with zero attached hydrogens (tertiary/aromatic N) is 1. The Balaban J connectivity index is 1.98. The number of rotatable bonds is 2. The second-order valence-electron chi connectivity index (χ2n) is 5.59. The molecular weight excluding hydrogens is 342 g/mol. The first-order valence-electron chi connectivity index (χ1n) is 7.36. The van der Waals surface area contributed by atoms with E-state index in [1.165, 1.54) is 24.3 Å². The van der Waals surface area contributed by atoms with Crippen molar-refractivity contribution in [1.82, 2.24) is 0 Å². The highest BCUT2D eigenvalue weighted by Crippen LogP contribution is 2.35. The normalized spacial score (nSPS) is 14.2. The highest BCUT2D eigenvalue weighted by Gasteiger charge is 2.37. The van der Waals surface area contributed by atoms with Gasteiger partial charge in [-0.1, -0.05) is 36.4 Å². The Labute approximate surface area is 143 Å². The van der Waals surface area contributed by atoms with Gasteiger partial charge >= 0.3 is 0 Å². The van der Waals surface area contributed by atoms with Crippen molar-refractivity contribution in [3.63, 3.8) is 0 Å². The van der Waals surface area contributed by atoms with E-state index in [0.717, 1.165) is 4.90 Å². The van der Waals surface area contributed by atoms with Gasteiger partial charge in [-0.15, -0.1) is 0 Å². The van der Waals surface area contributed by atoms with Gasteiger partial charge in [-0.25, -0.2) is 4.90 Å². The molecule has 3 aromatic carbocycles. The minimum absolute atomic E-state index is 0.235. The molecule has 1 aliphatic rings. The minimum Gasteiger partial charge on any atom is -0.282 e. The molecule has 0 aromatic heterocycles. The topological polar surface area (TPSA) is 91.8 Å². The molecule has 0 saturated heterocycles. The van der Waals surface area contributed by atoms with Crippen molar-refractivity contribution in [2.24, 2.45) is 0 Å². The Morgan fingerprint density at radius 2 is 1.28 bits per heavy atom. The molecule has 0 bridgehead atoms. The fourth-order valence-corrected chi connectivity index (χ4v) is 3.80. The minimum atomic E-state index is -4.44. The Hall–Kier alpha value is -3.03. The van der Waals surface area contributed by atoms with E-state index in [9.17, 15) is 22.6 Å². The molecule has 0 aliphatic carbocycles. The maximum Gasteiger partial charge on any atom is 0.295 e. The smallest absolute Gasteiger partial charge is 0.282 e. The first-order chi connectivity index (χ1) is 11.9. The lowest BCUT2D eigenvalue weighted by atomic mass is 10.1. The summed E-state index contributed by atoms with van der Waals surface area (Å²) in [5.74, 6) is -0.935. The Morgan fingerprint density at radius 3 is 1.88 bits per heavy atom. The van der Waals surface area contributed by atoms with Gasteiger partial charge in [-0.2, -0.15) is 8.42 Å². The average molecular weight is 353 g/mol. The van der Waals surface area contributed by atoms with Gasteiger partial charge < -0.3 is 0 Å². The summed E-state index contributed by atoms with van der Waals surface area (Å²) >= 11 is 0. The van der Waals surface area contributed by atoms with Gasteiger partial charge in [-0.3, -0.25) is 14.1 Å². The number of hydrogen-bond donors (Lipinski definition) is 1. The van der Waals surface area contributed by atoms with Crippen LogP contribution in [0.15, 0.2) is 65.6 Å². The van der Waals surface area contributed by atoms with Crippen LogP contribution in [0.2, 0.25) is 0 Å². The van der Waals surface area contributed by atoms with E-state index in [4.69, 9.17) is 0 Å². The first kappa shape index (κ1) is 15.5. The van der Waals surface area contributed by atoms with Crippen molar-refractivity contribution in [2.45, 2.75) is 4.90 Å². The molecule has 0 spiro atoms. The summed E-state index contributed by atoms with van der Waals surface area (Å²) in [5.41, 5.74) is 0.875. The van der Waals surface area contributed by atoms with E-state index in [1.54, 1.807) is 36.4 Å². The van der Waals surface area contributed by atoms with Crippen LogP contribution in [-0.2, 0) is 10.1 Å². The molecule has 1 aliphatic heterocycles. The number of anilines is 1. The van der Waals surface area contributed by atoms with E-state index < -0.39 is 21.9 Å². The summed E-state index contributed by atoms with van der Waals surface area (Å²) in [6.45, 7) is 0. The van der Waals surface area contributed by atoms with Gasteiger partial charge in [0, 0.05) is 10.8 Å². The van der Waals surface area contributed by atoms with Gasteiger partial charge in [0.05, 0.1) is 16.8 Å². The molecule has 3 aromatic rings. The van der Waals surface area contributed by atoms with Crippen LogP contribution in [-0.4, -0.2) is 24.8 Å². The monoisotopic (exact) mass is 353 g/mol. The van der Waals surface area contributed by atoms with Gasteiger partial charge in [0.1, 0.15) is 4.90 Å². The fraction of sp³-hybridized carbons (Fsp3) is 0. The lowest BCUT2D eigenvalue weighted by molar-refractivity contribution is 0.0926. The zero-order valence-electron chi connectivity index (χ0n) is 12.7. The van der Waals surface area contributed by atoms with Crippen molar-refractivity contribution in [2.75, 3.05) is 4.90 Å². The van der Waals surface area contributed by atoms with Gasteiger partial charge in [-0.05, 0) is 24.3 Å². The molecule has 6 nitrogen and oxygen atoms in total. The van der Waals surface area contributed by atoms with Crippen LogP contribution in [0.25, 0.3) is 10.8 Å². The highest BCUT2D eigenvalue weighted by atomic mass is 32.2. The molecule has 25 heavy (non-hydrogen) atoms. The summed E-state index contributed by atoms with van der Waals surface area (Å²) < 4.78 is 32.6. The molecule has 4 rings (SSSR count). The number of carbonyl (C=O) groups is 2. The average Bonchev–Trinajstić information content (AvgIpc) is 2.84. The van der Waals surface area contributed by atoms with E-state index in [-0.39, 0.29) is 16.0 Å². The lowest BCUT2D eigenvalue weighted by Crippen LogP contribution is -2.29. The van der Waals surface area contributed by atoms with Crippen molar-refractivity contribution < 1.29 is 22.6 Å².